The summed E-state index contributed by atoms with van der Waals surface area (Å²) < 4.78 is 102. The van der Waals surface area contributed by atoms with Crippen molar-refractivity contribution >= 4 is 33.6 Å². The average Bonchev–Trinajstić information content (AvgIpc) is 3.55. The summed E-state index contributed by atoms with van der Waals surface area (Å²) in [5, 5.41) is 0. The molecule has 6 rings (SSSR count). The van der Waals surface area contributed by atoms with Gasteiger partial charge < -0.3 is 20.3 Å². The van der Waals surface area contributed by atoms with E-state index in [2.05, 4.69) is 9.97 Å². The topological polar surface area (TPSA) is 104 Å². The second-order valence-electron chi connectivity index (χ2n) is 9.38. The number of nitrogens with zero attached hydrogens (tertiary/aromatic N) is 2. The zero-order valence-electron chi connectivity index (χ0n) is 20.7. The molecule has 0 spiro atoms. The van der Waals surface area contributed by atoms with Gasteiger partial charge in [0, 0.05) is 33.6 Å². The van der Waals surface area contributed by atoms with Gasteiger partial charge in [-0.1, -0.05) is 18.2 Å². The fourth-order valence-corrected chi connectivity index (χ4v) is 4.58. The van der Waals surface area contributed by atoms with Crippen LogP contribution in [-0.4, -0.2) is 16.1 Å². The maximum atomic E-state index is 16.1. The summed E-state index contributed by atoms with van der Waals surface area (Å²) in [6.07, 6.45) is -6.03. The van der Waals surface area contributed by atoms with Gasteiger partial charge in [-0.05, 0) is 66.7 Å². The standard InChI is InChI=1S/C29H18F6N4O2/c30-27(29(33,34)35,17-7-9-23-21(13-17)38-25(40-23)15-3-1-5-19(36)11-15)28(31,32)18-8-10-24-22(14-18)39-26(41-24)16-4-2-6-20(37)12-16/h1-14H,36-37H2. The van der Waals surface area contributed by atoms with Crippen LogP contribution in [0.1, 0.15) is 11.1 Å². The summed E-state index contributed by atoms with van der Waals surface area (Å²) >= 11 is 0. The van der Waals surface area contributed by atoms with Crippen LogP contribution in [-0.2, 0) is 11.6 Å². The molecule has 41 heavy (non-hydrogen) atoms. The number of aromatic nitrogens is 2. The highest BCUT2D eigenvalue weighted by atomic mass is 19.4. The maximum absolute atomic E-state index is 16.1. The van der Waals surface area contributed by atoms with E-state index in [1.807, 2.05) is 0 Å². The Morgan fingerprint density at radius 1 is 0.561 bits per heavy atom. The monoisotopic (exact) mass is 568 g/mol. The van der Waals surface area contributed by atoms with Crippen molar-refractivity contribution in [3.63, 3.8) is 0 Å². The Morgan fingerprint density at radius 2 is 1.02 bits per heavy atom. The molecule has 208 valence electrons. The molecule has 0 amide bonds. The van der Waals surface area contributed by atoms with Crippen LogP contribution < -0.4 is 11.5 Å². The van der Waals surface area contributed by atoms with Crippen molar-refractivity contribution in [2.24, 2.45) is 0 Å². The molecule has 12 heteroatoms. The quantitative estimate of drug-likeness (QED) is 0.161. The van der Waals surface area contributed by atoms with E-state index in [-0.39, 0.29) is 34.0 Å². The summed E-state index contributed by atoms with van der Waals surface area (Å²) in [4.78, 5) is 8.18. The van der Waals surface area contributed by atoms with Gasteiger partial charge in [0.1, 0.15) is 11.0 Å². The van der Waals surface area contributed by atoms with Gasteiger partial charge in [0.05, 0.1) is 0 Å². The molecule has 6 aromatic rings. The smallest absolute Gasteiger partial charge is 0.433 e. The van der Waals surface area contributed by atoms with Crippen LogP contribution in [0.5, 0.6) is 0 Å². The molecule has 0 saturated carbocycles. The van der Waals surface area contributed by atoms with Crippen LogP contribution in [0.15, 0.2) is 93.8 Å². The lowest BCUT2D eigenvalue weighted by Crippen LogP contribution is -2.51. The minimum atomic E-state index is -6.03. The summed E-state index contributed by atoms with van der Waals surface area (Å²) in [6.45, 7) is 0. The third-order valence-corrected chi connectivity index (χ3v) is 6.63. The Bertz CT molecular complexity index is 1930. The van der Waals surface area contributed by atoms with E-state index < -0.39 is 28.9 Å². The normalized spacial score (nSPS) is 14.0. The number of nitrogens with two attached hydrogens (primary N) is 2. The first-order valence-electron chi connectivity index (χ1n) is 12.0. The zero-order chi connectivity index (χ0) is 29.2. The van der Waals surface area contributed by atoms with Gasteiger partial charge in [0.25, 0.3) is 5.67 Å². The van der Waals surface area contributed by atoms with Crippen molar-refractivity contribution in [3.8, 4) is 22.9 Å². The highest BCUT2D eigenvalue weighted by Crippen LogP contribution is 2.57. The average molecular weight is 568 g/mol. The van der Waals surface area contributed by atoms with E-state index in [0.29, 0.717) is 46.8 Å². The number of benzene rings is 4. The van der Waals surface area contributed by atoms with Crippen LogP contribution in [0.25, 0.3) is 45.1 Å². The molecule has 0 aliphatic rings. The fraction of sp³-hybridized carbons (Fsp3) is 0.103. The van der Waals surface area contributed by atoms with Crippen LogP contribution in [0.4, 0.5) is 37.7 Å². The Kier molecular flexibility index (Phi) is 5.77. The molecule has 6 nitrogen and oxygen atoms in total. The largest absolute Gasteiger partial charge is 0.436 e. The van der Waals surface area contributed by atoms with Crippen molar-refractivity contribution in [2.45, 2.75) is 17.8 Å². The number of fused-ring (bicyclic) bond motifs is 2. The van der Waals surface area contributed by atoms with Crippen molar-refractivity contribution in [1.29, 1.82) is 0 Å². The Hall–Kier alpha value is -5.00. The van der Waals surface area contributed by atoms with Gasteiger partial charge in [-0.2, -0.15) is 22.0 Å². The van der Waals surface area contributed by atoms with E-state index in [9.17, 15) is 13.2 Å². The first kappa shape index (κ1) is 26.2. The van der Waals surface area contributed by atoms with E-state index in [4.69, 9.17) is 20.3 Å². The highest BCUT2D eigenvalue weighted by molar-refractivity contribution is 5.79. The Balaban J connectivity index is 1.44. The molecule has 0 radical (unpaired) electrons. The SMILES string of the molecule is Nc1cccc(-c2nc3cc(C(F)(F)C(F)(c4ccc5oc(-c6cccc(N)c6)nc5c4)C(F)(F)F)ccc3o2)c1. The molecule has 0 fully saturated rings. The number of nitrogen functional groups attached to an aromatic ring is 2. The van der Waals surface area contributed by atoms with Gasteiger partial charge in [0.15, 0.2) is 11.2 Å². The van der Waals surface area contributed by atoms with Crippen molar-refractivity contribution in [3.05, 3.63) is 96.1 Å². The first-order chi connectivity index (χ1) is 19.4. The number of alkyl halides is 6. The number of anilines is 2. The molecule has 1 unspecified atom stereocenters. The molecular weight excluding hydrogens is 550 g/mol. The van der Waals surface area contributed by atoms with Gasteiger partial charge in [0.2, 0.25) is 11.8 Å². The molecule has 2 aromatic heterocycles. The minimum absolute atomic E-state index is 0.00237. The Morgan fingerprint density at radius 3 is 1.49 bits per heavy atom. The zero-order valence-corrected chi connectivity index (χ0v) is 20.7. The highest BCUT2D eigenvalue weighted by Gasteiger charge is 2.72. The lowest BCUT2D eigenvalue weighted by molar-refractivity contribution is -0.314. The molecule has 4 aromatic carbocycles. The molecule has 1 atom stereocenters. The molecular formula is C29H18F6N4O2. The molecule has 0 saturated heterocycles. The summed E-state index contributed by atoms with van der Waals surface area (Å²) in [6, 6.07) is 17.2. The van der Waals surface area contributed by atoms with E-state index >= 15 is 13.2 Å². The van der Waals surface area contributed by atoms with Gasteiger partial charge in [-0.25, -0.2) is 14.4 Å². The van der Waals surface area contributed by atoms with E-state index in [0.717, 1.165) is 12.1 Å². The molecule has 0 aliphatic heterocycles. The second-order valence-corrected chi connectivity index (χ2v) is 9.38. The minimum Gasteiger partial charge on any atom is -0.436 e. The molecule has 0 aliphatic carbocycles. The van der Waals surface area contributed by atoms with Crippen molar-refractivity contribution in [1.82, 2.24) is 9.97 Å². The van der Waals surface area contributed by atoms with Crippen LogP contribution in [0.2, 0.25) is 0 Å². The predicted molar refractivity (Wildman–Crippen MR) is 140 cm³/mol. The summed E-state index contributed by atoms with van der Waals surface area (Å²) in [5.74, 6) is -5.12. The maximum Gasteiger partial charge on any atom is 0.433 e. The lowest BCUT2D eigenvalue weighted by atomic mass is 9.84. The van der Waals surface area contributed by atoms with Gasteiger partial charge in [-0.3, -0.25) is 0 Å². The third kappa shape index (κ3) is 4.22. The van der Waals surface area contributed by atoms with Crippen molar-refractivity contribution < 1.29 is 35.2 Å². The summed E-state index contributed by atoms with van der Waals surface area (Å²) in [5.41, 5.74) is 4.87. The lowest BCUT2D eigenvalue weighted by Gasteiger charge is -2.35. The molecule has 2 heterocycles. The van der Waals surface area contributed by atoms with Crippen LogP contribution in [0.3, 0.4) is 0 Å². The fourth-order valence-electron chi connectivity index (χ4n) is 4.58. The van der Waals surface area contributed by atoms with E-state index in [1.54, 1.807) is 36.4 Å². The van der Waals surface area contributed by atoms with Crippen LogP contribution >= 0.6 is 0 Å². The third-order valence-electron chi connectivity index (χ3n) is 6.63. The van der Waals surface area contributed by atoms with Crippen molar-refractivity contribution in [2.75, 3.05) is 11.5 Å². The number of rotatable bonds is 5. The number of hydrogen-bond donors (Lipinski definition) is 2. The number of halogens is 6. The van der Waals surface area contributed by atoms with E-state index in [1.165, 1.54) is 12.1 Å². The number of hydrogen-bond acceptors (Lipinski definition) is 6. The van der Waals surface area contributed by atoms with Gasteiger partial charge >= 0.3 is 12.1 Å². The Labute approximate surface area is 227 Å². The molecule has 0 bridgehead atoms. The second kappa shape index (κ2) is 9.01. The van der Waals surface area contributed by atoms with Crippen LogP contribution in [0, 0.1) is 0 Å². The first-order valence-corrected chi connectivity index (χ1v) is 12.0. The molecule has 4 N–H and O–H groups in total. The summed E-state index contributed by atoms with van der Waals surface area (Å²) in [7, 11) is 0. The van der Waals surface area contributed by atoms with Gasteiger partial charge in [-0.15, -0.1) is 0 Å². The predicted octanol–water partition coefficient (Wildman–Crippen LogP) is 7.99. The number of oxazole rings is 2.